The predicted octanol–water partition coefficient (Wildman–Crippen LogP) is 2.35. The van der Waals surface area contributed by atoms with E-state index in [2.05, 4.69) is 10.3 Å². The van der Waals surface area contributed by atoms with Gasteiger partial charge in [0.05, 0.1) is 18.8 Å². The van der Waals surface area contributed by atoms with Crippen LogP contribution in [0.2, 0.25) is 5.02 Å². The zero-order valence-corrected chi connectivity index (χ0v) is 10.6. The standard InChI is InChI=1S/C13H14ClN3O/c14-11-4-2-1-3-10(11)7-17-13(9-5-6-9)12(8-18)15-16-17/h1-4,9,18H,5-8H2. The average molecular weight is 264 g/mol. The summed E-state index contributed by atoms with van der Waals surface area (Å²) in [4.78, 5) is 0. The zero-order valence-electron chi connectivity index (χ0n) is 9.88. The Kier molecular flexibility index (Phi) is 3.06. The Morgan fingerprint density at radius 2 is 2.11 bits per heavy atom. The van der Waals surface area contributed by atoms with Crippen LogP contribution in [0.1, 0.15) is 35.7 Å². The van der Waals surface area contributed by atoms with Crippen LogP contribution in [0.15, 0.2) is 24.3 Å². The van der Waals surface area contributed by atoms with Crippen molar-refractivity contribution in [1.29, 1.82) is 0 Å². The third-order valence-electron chi connectivity index (χ3n) is 3.24. The Morgan fingerprint density at radius 3 is 2.78 bits per heavy atom. The van der Waals surface area contributed by atoms with Crippen molar-refractivity contribution in [3.8, 4) is 0 Å². The molecule has 18 heavy (non-hydrogen) atoms. The lowest BCUT2D eigenvalue weighted by atomic mass is 10.2. The summed E-state index contributed by atoms with van der Waals surface area (Å²) in [7, 11) is 0. The number of aliphatic hydroxyl groups is 1. The van der Waals surface area contributed by atoms with Crippen LogP contribution in [0, 0.1) is 0 Å². The van der Waals surface area contributed by atoms with Gasteiger partial charge in [0, 0.05) is 10.9 Å². The molecule has 0 unspecified atom stereocenters. The van der Waals surface area contributed by atoms with Crippen molar-refractivity contribution >= 4 is 11.6 Å². The van der Waals surface area contributed by atoms with Crippen molar-refractivity contribution in [1.82, 2.24) is 15.0 Å². The van der Waals surface area contributed by atoms with Crippen LogP contribution in [-0.2, 0) is 13.2 Å². The third kappa shape index (κ3) is 2.13. The molecule has 1 fully saturated rings. The number of aromatic nitrogens is 3. The number of hydrogen-bond donors (Lipinski definition) is 1. The van der Waals surface area contributed by atoms with Crippen LogP contribution >= 0.6 is 11.6 Å². The smallest absolute Gasteiger partial charge is 0.112 e. The highest BCUT2D eigenvalue weighted by molar-refractivity contribution is 6.31. The summed E-state index contributed by atoms with van der Waals surface area (Å²) in [5.41, 5.74) is 2.79. The van der Waals surface area contributed by atoms with E-state index in [9.17, 15) is 5.11 Å². The highest BCUT2D eigenvalue weighted by Gasteiger charge is 2.31. The van der Waals surface area contributed by atoms with Gasteiger partial charge in [0.25, 0.3) is 0 Å². The van der Waals surface area contributed by atoms with E-state index in [0.717, 1.165) is 29.1 Å². The molecule has 1 aliphatic rings. The summed E-state index contributed by atoms with van der Waals surface area (Å²) >= 11 is 6.15. The Morgan fingerprint density at radius 1 is 1.33 bits per heavy atom. The van der Waals surface area contributed by atoms with Gasteiger partial charge in [0.1, 0.15) is 5.69 Å². The summed E-state index contributed by atoms with van der Waals surface area (Å²) in [6.07, 6.45) is 2.31. The maximum atomic E-state index is 9.29. The minimum atomic E-state index is -0.0473. The molecule has 0 bridgehead atoms. The first-order valence-electron chi connectivity index (χ1n) is 6.06. The van der Waals surface area contributed by atoms with Crippen molar-refractivity contribution in [3.05, 3.63) is 46.2 Å². The first-order valence-corrected chi connectivity index (χ1v) is 6.44. The Hall–Kier alpha value is -1.39. The molecule has 2 aromatic rings. The molecule has 4 nitrogen and oxygen atoms in total. The predicted molar refractivity (Wildman–Crippen MR) is 68.5 cm³/mol. The molecule has 94 valence electrons. The van der Waals surface area contributed by atoms with E-state index < -0.39 is 0 Å². The second-order valence-corrected chi connectivity index (χ2v) is 5.01. The fourth-order valence-corrected chi connectivity index (χ4v) is 2.37. The van der Waals surface area contributed by atoms with Crippen LogP contribution in [-0.4, -0.2) is 20.1 Å². The van der Waals surface area contributed by atoms with Gasteiger partial charge in [-0.25, -0.2) is 4.68 Å². The molecule has 0 spiro atoms. The van der Waals surface area contributed by atoms with Crippen molar-refractivity contribution in [3.63, 3.8) is 0 Å². The molecule has 1 aromatic heterocycles. The molecule has 0 atom stereocenters. The van der Waals surface area contributed by atoms with Crippen molar-refractivity contribution in [2.45, 2.75) is 31.9 Å². The minimum Gasteiger partial charge on any atom is -0.390 e. The topological polar surface area (TPSA) is 50.9 Å². The Bertz CT molecular complexity index is 563. The molecule has 3 rings (SSSR count). The fraction of sp³-hybridized carbons (Fsp3) is 0.385. The van der Waals surface area contributed by atoms with Crippen LogP contribution in [0.4, 0.5) is 0 Å². The van der Waals surface area contributed by atoms with Gasteiger partial charge in [-0.3, -0.25) is 0 Å². The van der Waals surface area contributed by atoms with Gasteiger partial charge in [-0.1, -0.05) is 35.0 Å². The van der Waals surface area contributed by atoms with Crippen molar-refractivity contribution in [2.24, 2.45) is 0 Å². The molecule has 5 heteroatoms. The summed E-state index contributed by atoms with van der Waals surface area (Å²) in [5, 5.41) is 18.2. The molecule has 1 aliphatic carbocycles. The van der Waals surface area contributed by atoms with Crippen LogP contribution in [0.25, 0.3) is 0 Å². The molecule has 0 saturated heterocycles. The number of hydrogen-bond acceptors (Lipinski definition) is 3. The SMILES string of the molecule is OCc1nnn(Cc2ccccc2Cl)c1C1CC1. The van der Waals surface area contributed by atoms with Gasteiger partial charge < -0.3 is 5.11 Å². The van der Waals surface area contributed by atoms with Gasteiger partial charge in [-0.05, 0) is 24.5 Å². The summed E-state index contributed by atoms with van der Waals surface area (Å²) in [6, 6.07) is 7.73. The Balaban J connectivity index is 1.93. The minimum absolute atomic E-state index is 0.0473. The van der Waals surface area contributed by atoms with E-state index in [4.69, 9.17) is 11.6 Å². The first-order chi connectivity index (χ1) is 8.79. The second kappa shape index (κ2) is 4.71. The monoisotopic (exact) mass is 263 g/mol. The largest absolute Gasteiger partial charge is 0.390 e. The highest BCUT2D eigenvalue weighted by Crippen LogP contribution is 2.41. The highest BCUT2D eigenvalue weighted by atomic mass is 35.5. The van der Waals surface area contributed by atoms with Crippen molar-refractivity contribution < 1.29 is 5.11 Å². The molecule has 1 aromatic carbocycles. The lowest BCUT2D eigenvalue weighted by molar-refractivity contribution is 0.275. The molecule has 1 N–H and O–H groups in total. The van der Waals surface area contributed by atoms with Crippen molar-refractivity contribution in [2.75, 3.05) is 0 Å². The average Bonchev–Trinajstić information content (AvgIpc) is 3.14. The van der Waals surface area contributed by atoms with Gasteiger partial charge in [0.15, 0.2) is 0 Å². The molecule has 0 aliphatic heterocycles. The van der Waals surface area contributed by atoms with Crippen LogP contribution in [0.3, 0.4) is 0 Å². The zero-order chi connectivity index (χ0) is 12.5. The molecule has 1 saturated carbocycles. The molecule has 0 radical (unpaired) electrons. The van der Waals surface area contributed by atoms with E-state index in [1.165, 1.54) is 0 Å². The lowest BCUT2D eigenvalue weighted by Gasteiger charge is -2.08. The van der Waals surface area contributed by atoms with E-state index in [0.29, 0.717) is 18.2 Å². The van der Waals surface area contributed by atoms with Crippen LogP contribution < -0.4 is 0 Å². The molecular formula is C13H14ClN3O. The maximum Gasteiger partial charge on any atom is 0.112 e. The third-order valence-corrected chi connectivity index (χ3v) is 3.61. The van der Waals surface area contributed by atoms with Gasteiger partial charge >= 0.3 is 0 Å². The molecule has 0 amide bonds. The maximum absolute atomic E-state index is 9.29. The number of benzene rings is 1. The quantitative estimate of drug-likeness (QED) is 0.921. The van der Waals surface area contributed by atoms with E-state index in [-0.39, 0.29) is 6.61 Å². The summed E-state index contributed by atoms with van der Waals surface area (Å²) in [6.45, 7) is 0.562. The fourth-order valence-electron chi connectivity index (χ4n) is 2.18. The molecule has 1 heterocycles. The van der Waals surface area contributed by atoms with Gasteiger partial charge in [-0.2, -0.15) is 0 Å². The summed E-state index contributed by atoms with van der Waals surface area (Å²) < 4.78 is 1.87. The van der Waals surface area contributed by atoms with E-state index in [1.54, 1.807) is 0 Å². The lowest BCUT2D eigenvalue weighted by Crippen LogP contribution is -2.07. The van der Waals surface area contributed by atoms with Crippen LogP contribution in [0.5, 0.6) is 0 Å². The number of aliphatic hydroxyl groups excluding tert-OH is 1. The number of halogens is 1. The van der Waals surface area contributed by atoms with Gasteiger partial charge in [-0.15, -0.1) is 5.10 Å². The first kappa shape index (κ1) is 11.7. The van der Waals surface area contributed by atoms with E-state index in [1.807, 2.05) is 28.9 Å². The Labute approximate surface area is 110 Å². The second-order valence-electron chi connectivity index (χ2n) is 4.60. The molecular weight excluding hydrogens is 250 g/mol. The van der Waals surface area contributed by atoms with E-state index >= 15 is 0 Å². The normalized spacial score (nSPS) is 15.0. The number of nitrogens with zero attached hydrogens (tertiary/aromatic N) is 3. The number of rotatable bonds is 4. The van der Waals surface area contributed by atoms with Gasteiger partial charge in [0.2, 0.25) is 0 Å². The summed E-state index contributed by atoms with van der Waals surface area (Å²) in [5.74, 6) is 0.504.